The fourth-order valence-electron chi connectivity index (χ4n) is 2.37. The minimum Gasteiger partial charge on any atom is -0.495 e. The maximum absolute atomic E-state index is 12.3. The van der Waals surface area contributed by atoms with Crippen molar-refractivity contribution in [1.29, 1.82) is 0 Å². The molecule has 3 rings (SSSR count). The van der Waals surface area contributed by atoms with Crippen LogP contribution in [0.25, 0.3) is 5.69 Å². The van der Waals surface area contributed by atoms with Crippen LogP contribution >= 0.6 is 23.2 Å². The highest BCUT2D eigenvalue weighted by Gasteiger charge is 2.32. The fourth-order valence-corrected chi connectivity index (χ4v) is 2.85. The molecular formula is C14H9Cl2N3O4. The lowest BCUT2D eigenvalue weighted by Gasteiger charge is -2.14. The van der Waals surface area contributed by atoms with E-state index in [4.69, 9.17) is 33.7 Å². The van der Waals surface area contributed by atoms with E-state index < -0.39 is 17.4 Å². The molecule has 23 heavy (non-hydrogen) atoms. The number of methoxy groups -OCH3 is 1. The maximum atomic E-state index is 12.3. The normalized spacial score (nSPS) is 13.0. The van der Waals surface area contributed by atoms with Crippen molar-refractivity contribution in [2.75, 3.05) is 12.8 Å². The number of ether oxygens (including phenoxy) is 1. The number of hydrogen-bond acceptors (Lipinski definition) is 5. The topological polar surface area (TPSA) is 103 Å². The number of nitrogens with one attached hydrogen (secondary N) is 1. The van der Waals surface area contributed by atoms with E-state index in [9.17, 15) is 14.4 Å². The molecule has 0 atom stereocenters. The number of anilines is 1. The molecule has 3 N–H and O–H groups in total. The van der Waals surface area contributed by atoms with Crippen LogP contribution in [0, 0.1) is 0 Å². The van der Waals surface area contributed by atoms with Gasteiger partial charge >= 0.3 is 0 Å². The van der Waals surface area contributed by atoms with Crippen molar-refractivity contribution in [2.24, 2.45) is 0 Å². The first kappa shape index (κ1) is 15.4. The van der Waals surface area contributed by atoms with E-state index in [-0.39, 0.29) is 32.7 Å². The number of imide groups is 1. The average Bonchev–Trinajstić information content (AvgIpc) is 2.76. The number of carbonyl (C=O) groups excluding carboxylic acids is 2. The summed E-state index contributed by atoms with van der Waals surface area (Å²) in [6.07, 6.45) is 0. The molecule has 0 aliphatic carbocycles. The number of halogens is 2. The Hall–Kier alpha value is -2.51. The maximum Gasteiger partial charge on any atom is 0.262 e. The number of nitrogen functional groups attached to an aromatic ring is 1. The van der Waals surface area contributed by atoms with Crippen LogP contribution in [0.5, 0.6) is 5.75 Å². The number of aromatic nitrogens is 1. The first-order valence-corrected chi connectivity index (χ1v) is 7.05. The highest BCUT2D eigenvalue weighted by Crippen LogP contribution is 2.34. The lowest BCUT2D eigenvalue weighted by Crippen LogP contribution is -2.24. The molecule has 1 aliphatic rings. The van der Waals surface area contributed by atoms with Crippen LogP contribution in [0.1, 0.15) is 20.7 Å². The molecule has 0 fully saturated rings. The van der Waals surface area contributed by atoms with Crippen molar-refractivity contribution in [2.45, 2.75) is 0 Å². The molecule has 0 saturated heterocycles. The number of hydrogen-bond donors (Lipinski definition) is 2. The molecule has 0 bridgehead atoms. The number of benzene rings is 1. The van der Waals surface area contributed by atoms with Crippen LogP contribution in [0.2, 0.25) is 10.0 Å². The summed E-state index contributed by atoms with van der Waals surface area (Å²) in [5, 5.41) is 2.43. The van der Waals surface area contributed by atoms with Gasteiger partial charge in [-0.15, -0.1) is 0 Å². The minimum absolute atomic E-state index is 0.0653. The zero-order valence-corrected chi connectivity index (χ0v) is 13.2. The van der Waals surface area contributed by atoms with Gasteiger partial charge in [-0.3, -0.25) is 24.3 Å². The molecule has 0 saturated carbocycles. The average molecular weight is 354 g/mol. The van der Waals surface area contributed by atoms with E-state index in [0.717, 1.165) is 10.6 Å². The Labute approximate surface area is 139 Å². The van der Waals surface area contributed by atoms with E-state index in [0.29, 0.717) is 5.75 Å². The molecule has 2 heterocycles. The quantitative estimate of drug-likeness (QED) is 0.798. The second kappa shape index (κ2) is 5.29. The van der Waals surface area contributed by atoms with E-state index in [1.807, 2.05) is 0 Å². The van der Waals surface area contributed by atoms with Gasteiger partial charge in [-0.2, -0.15) is 0 Å². The lowest BCUT2D eigenvalue weighted by atomic mass is 10.1. The molecular weight excluding hydrogens is 345 g/mol. The molecule has 0 spiro atoms. The highest BCUT2D eigenvalue weighted by molar-refractivity contribution is 6.35. The SMILES string of the molecule is COc1cc(Cl)c(-n2c(N)c3c(cc2=O)C(=O)NC3=O)cc1Cl. The summed E-state index contributed by atoms with van der Waals surface area (Å²) in [5.74, 6) is -1.22. The minimum atomic E-state index is -0.674. The Bertz CT molecular complexity index is 937. The van der Waals surface area contributed by atoms with Crippen molar-refractivity contribution in [1.82, 2.24) is 9.88 Å². The van der Waals surface area contributed by atoms with Crippen LogP contribution in [-0.2, 0) is 0 Å². The highest BCUT2D eigenvalue weighted by atomic mass is 35.5. The van der Waals surface area contributed by atoms with Crippen LogP contribution in [0.15, 0.2) is 23.0 Å². The smallest absolute Gasteiger partial charge is 0.262 e. The Balaban J connectivity index is 2.33. The third kappa shape index (κ3) is 2.25. The van der Waals surface area contributed by atoms with E-state index >= 15 is 0 Å². The van der Waals surface area contributed by atoms with Gasteiger partial charge in [0.25, 0.3) is 17.4 Å². The standard InChI is InChI=1S/C14H9Cl2N3O4/c1-23-9-4-6(15)8(3-7(9)16)19-10(20)2-5-11(12(19)17)14(22)18-13(5)21/h2-4H,17H2,1H3,(H,18,21,22). The predicted octanol–water partition coefficient (Wildman–Crippen LogP) is 1.62. The Morgan fingerprint density at radius 2 is 1.78 bits per heavy atom. The third-order valence-corrected chi connectivity index (χ3v) is 4.01. The second-order valence-corrected chi connectivity index (χ2v) is 5.53. The van der Waals surface area contributed by atoms with Crippen molar-refractivity contribution in [3.05, 3.63) is 49.7 Å². The second-order valence-electron chi connectivity index (χ2n) is 4.71. The fraction of sp³-hybridized carbons (Fsp3) is 0.0714. The molecule has 118 valence electrons. The molecule has 0 radical (unpaired) electrons. The summed E-state index contributed by atoms with van der Waals surface area (Å²) < 4.78 is 6.06. The summed E-state index contributed by atoms with van der Waals surface area (Å²) in [5.41, 5.74) is 5.35. The van der Waals surface area contributed by atoms with Gasteiger partial charge < -0.3 is 10.5 Å². The van der Waals surface area contributed by atoms with Crippen LogP contribution < -0.4 is 21.3 Å². The lowest BCUT2D eigenvalue weighted by molar-refractivity contribution is 0.0880. The first-order chi connectivity index (χ1) is 10.8. The van der Waals surface area contributed by atoms with Crippen molar-refractivity contribution >= 4 is 40.8 Å². The largest absolute Gasteiger partial charge is 0.495 e. The Morgan fingerprint density at radius 1 is 1.09 bits per heavy atom. The van der Waals surface area contributed by atoms with Crippen molar-refractivity contribution < 1.29 is 14.3 Å². The summed E-state index contributed by atoms with van der Waals surface area (Å²) in [7, 11) is 1.42. The summed E-state index contributed by atoms with van der Waals surface area (Å²) >= 11 is 12.2. The van der Waals surface area contributed by atoms with Crippen LogP contribution in [0.4, 0.5) is 5.82 Å². The van der Waals surface area contributed by atoms with Crippen molar-refractivity contribution in [3.63, 3.8) is 0 Å². The number of nitrogens with two attached hydrogens (primary N) is 1. The summed E-state index contributed by atoms with van der Waals surface area (Å²) in [6.45, 7) is 0. The van der Waals surface area contributed by atoms with Gasteiger partial charge in [-0.05, 0) is 6.07 Å². The van der Waals surface area contributed by atoms with Crippen LogP contribution in [0.3, 0.4) is 0 Å². The molecule has 1 aliphatic heterocycles. The van der Waals surface area contributed by atoms with E-state index in [1.54, 1.807) is 0 Å². The van der Waals surface area contributed by atoms with Crippen LogP contribution in [-0.4, -0.2) is 23.5 Å². The van der Waals surface area contributed by atoms with Gasteiger partial charge in [-0.25, -0.2) is 0 Å². The number of rotatable bonds is 2. The Morgan fingerprint density at radius 3 is 2.43 bits per heavy atom. The van der Waals surface area contributed by atoms with Gasteiger partial charge in [-0.1, -0.05) is 23.2 Å². The number of nitrogens with zero attached hydrogens (tertiary/aromatic N) is 1. The van der Waals surface area contributed by atoms with Gasteiger partial charge in [0.05, 0.1) is 34.0 Å². The number of carbonyl (C=O) groups is 2. The molecule has 2 aromatic rings. The van der Waals surface area contributed by atoms with Gasteiger partial charge in [0.15, 0.2) is 0 Å². The summed E-state index contributed by atoms with van der Waals surface area (Å²) in [4.78, 5) is 35.8. The zero-order valence-electron chi connectivity index (χ0n) is 11.6. The zero-order chi connectivity index (χ0) is 16.9. The number of fused-ring (bicyclic) bond motifs is 1. The van der Waals surface area contributed by atoms with Gasteiger partial charge in [0, 0.05) is 12.1 Å². The molecule has 1 aromatic heterocycles. The molecule has 2 amide bonds. The van der Waals surface area contributed by atoms with Gasteiger partial charge in [0.1, 0.15) is 11.6 Å². The molecule has 9 heteroatoms. The van der Waals surface area contributed by atoms with E-state index in [1.165, 1.54) is 19.2 Å². The predicted molar refractivity (Wildman–Crippen MR) is 84.8 cm³/mol. The molecule has 0 unspecified atom stereocenters. The molecule has 1 aromatic carbocycles. The third-order valence-electron chi connectivity index (χ3n) is 3.42. The first-order valence-electron chi connectivity index (χ1n) is 6.29. The summed E-state index contributed by atoms with van der Waals surface area (Å²) in [6, 6.07) is 3.84. The van der Waals surface area contributed by atoms with Gasteiger partial charge in [0.2, 0.25) is 0 Å². The number of amides is 2. The van der Waals surface area contributed by atoms with Crippen molar-refractivity contribution in [3.8, 4) is 11.4 Å². The monoisotopic (exact) mass is 353 g/mol. The number of pyridine rings is 1. The Kier molecular flexibility index (Phi) is 3.54. The molecule has 7 nitrogen and oxygen atoms in total. The van der Waals surface area contributed by atoms with E-state index in [2.05, 4.69) is 5.32 Å².